The molecule has 0 amide bonds. The van der Waals surface area contributed by atoms with E-state index in [2.05, 4.69) is 41.8 Å². The van der Waals surface area contributed by atoms with Crippen LogP contribution in [0, 0.1) is 25.1 Å². The number of piperidine rings is 1. The molecule has 1 fully saturated rings. The Morgan fingerprint density at radius 2 is 1.76 bits per heavy atom. The Labute approximate surface area is 267 Å². The highest BCUT2D eigenvalue weighted by Crippen LogP contribution is 2.45. The van der Waals surface area contributed by atoms with Gasteiger partial charge in [0.25, 0.3) is 0 Å². The van der Waals surface area contributed by atoms with Gasteiger partial charge in [0, 0.05) is 60.8 Å². The molecule has 3 heterocycles. The SMILES string of the molecule is COc1ccc(F)cc1CN1CCc2cc(-c3c(C)nc(C)c(C(OC(C)(C)C)C(=O)O)c3N3CCC(C)(C)CC3)ccc2C1. The van der Waals surface area contributed by atoms with Gasteiger partial charge in [0.1, 0.15) is 11.6 Å². The van der Waals surface area contributed by atoms with Crippen molar-refractivity contribution in [2.75, 3.05) is 31.6 Å². The number of anilines is 1. The van der Waals surface area contributed by atoms with Crippen LogP contribution in [0.4, 0.5) is 10.1 Å². The first-order valence-corrected chi connectivity index (χ1v) is 16.0. The lowest BCUT2D eigenvalue weighted by molar-refractivity contribution is -0.160. The third-order valence-electron chi connectivity index (χ3n) is 9.19. The van der Waals surface area contributed by atoms with Crippen molar-refractivity contribution >= 4 is 11.7 Å². The largest absolute Gasteiger partial charge is 0.496 e. The molecule has 0 radical (unpaired) electrons. The molecule has 0 bridgehead atoms. The molecular weight excluding hydrogens is 569 g/mol. The molecule has 2 aliphatic heterocycles. The first-order valence-electron chi connectivity index (χ1n) is 16.0. The minimum absolute atomic E-state index is 0.231. The second kappa shape index (κ2) is 12.7. The Hall–Kier alpha value is -3.49. The maximum atomic E-state index is 14.0. The number of carbonyl (C=O) groups is 1. The summed E-state index contributed by atoms with van der Waals surface area (Å²) < 4.78 is 25.8. The van der Waals surface area contributed by atoms with Gasteiger partial charge >= 0.3 is 5.97 Å². The Balaban J connectivity index is 1.56. The number of hydrogen-bond acceptors (Lipinski definition) is 6. The van der Waals surface area contributed by atoms with Gasteiger partial charge in [0.2, 0.25) is 0 Å². The maximum Gasteiger partial charge on any atom is 0.337 e. The summed E-state index contributed by atoms with van der Waals surface area (Å²) in [6.07, 6.45) is 1.73. The molecule has 2 aliphatic rings. The molecule has 5 rings (SSSR count). The Morgan fingerprint density at radius 1 is 1.04 bits per heavy atom. The first-order chi connectivity index (χ1) is 21.2. The predicted octanol–water partition coefficient (Wildman–Crippen LogP) is 7.64. The highest BCUT2D eigenvalue weighted by Gasteiger charge is 2.36. The van der Waals surface area contributed by atoms with E-state index in [1.807, 2.05) is 34.6 Å². The smallest absolute Gasteiger partial charge is 0.337 e. The normalized spacial score (nSPS) is 17.6. The Morgan fingerprint density at radius 3 is 2.40 bits per heavy atom. The number of aliphatic carboxylic acids is 1. The third-order valence-corrected chi connectivity index (χ3v) is 9.19. The molecule has 0 aliphatic carbocycles. The van der Waals surface area contributed by atoms with Crippen LogP contribution < -0.4 is 9.64 Å². The zero-order chi connectivity index (χ0) is 32.7. The summed E-state index contributed by atoms with van der Waals surface area (Å²) >= 11 is 0. The molecule has 7 nitrogen and oxygen atoms in total. The summed E-state index contributed by atoms with van der Waals surface area (Å²) in [5.74, 6) is -0.580. The number of pyridine rings is 1. The van der Waals surface area contributed by atoms with E-state index in [1.165, 1.54) is 17.2 Å². The number of rotatable bonds is 8. The second-order valence-electron chi connectivity index (χ2n) is 14.4. The molecule has 3 aromatic rings. The number of hydrogen-bond donors (Lipinski definition) is 1. The van der Waals surface area contributed by atoms with Crippen LogP contribution in [-0.4, -0.2) is 53.3 Å². The van der Waals surface area contributed by atoms with Gasteiger partial charge in [0.15, 0.2) is 6.10 Å². The van der Waals surface area contributed by atoms with Crippen molar-refractivity contribution in [2.24, 2.45) is 5.41 Å². The fourth-order valence-corrected chi connectivity index (χ4v) is 6.77. The van der Waals surface area contributed by atoms with Gasteiger partial charge in [-0.05, 0) is 94.2 Å². The van der Waals surface area contributed by atoms with Gasteiger partial charge in [0.05, 0.1) is 18.4 Å². The van der Waals surface area contributed by atoms with E-state index < -0.39 is 17.7 Å². The van der Waals surface area contributed by atoms with Crippen molar-refractivity contribution < 1.29 is 23.8 Å². The van der Waals surface area contributed by atoms with Crippen molar-refractivity contribution in [3.05, 3.63) is 75.9 Å². The quantitative estimate of drug-likeness (QED) is 0.278. The summed E-state index contributed by atoms with van der Waals surface area (Å²) in [7, 11) is 1.62. The second-order valence-corrected chi connectivity index (χ2v) is 14.4. The maximum absolute atomic E-state index is 14.0. The minimum atomic E-state index is -1.15. The monoisotopic (exact) mass is 617 g/mol. The lowest BCUT2D eigenvalue weighted by atomic mass is 9.81. The van der Waals surface area contributed by atoms with E-state index >= 15 is 0 Å². The molecule has 242 valence electrons. The molecule has 45 heavy (non-hydrogen) atoms. The number of fused-ring (bicyclic) bond motifs is 1. The van der Waals surface area contributed by atoms with Crippen LogP contribution in [0.3, 0.4) is 0 Å². The van der Waals surface area contributed by atoms with E-state index in [0.717, 1.165) is 73.5 Å². The van der Waals surface area contributed by atoms with E-state index in [9.17, 15) is 14.3 Å². The number of nitrogens with zero attached hydrogens (tertiary/aromatic N) is 3. The number of aromatic nitrogens is 1. The van der Waals surface area contributed by atoms with Gasteiger partial charge in [-0.15, -0.1) is 0 Å². The Bertz CT molecular complexity index is 1570. The van der Waals surface area contributed by atoms with Crippen molar-refractivity contribution in [1.29, 1.82) is 0 Å². The molecule has 1 unspecified atom stereocenters. The van der Waals surface area contributed by atoms with Crippen molar-refractivity contribution in [2.45, 2.75) is 92.5 Å². The summed E-state index contributed by atoms with van der Waals surface area (Å²) in [4.78, 5) is 22.4. The van der Waals surface area contributed by atoms with Crippen LogP contribution in [-0.2, 0) is 29.0 Å². The molecular formula is C37H48FN3O4. The predicted molar refractivity (Wildman–Crippen MR) is 176 cm³/mol. The fraction of sp³-hybridized carbons (Fsp3) is 0.514. The van der Waals surface area contributed by atoms with Gasteiger partial charge in [-0.3, -0.25) is 9.88 Å². The number of ether oxygens (including phenoxy) is 2. The van der Waals surface area contributed by atoms with E-state index in [1.54, 1.807) is 19.2 Å². The molecule has 2 aromatic carbocycles. The van der Waals surface area contributed by atoms with Gasteiger partial charge in [-0.1, -0.05) is 32.0 Å². The van der Waals surface area contributed by atoms with Crippen LogP contribution in [0.2, 0.25) is 0 Å². The minimum Gasteiger partial charge on any atom is -0.496 e. The molecule has 1 N–H and O–H groups in total. The standard InChI is InChI=1S/C37H48FN3O4/c1-23-31(26-9-10-27-21-40(16-13-25(27)19-26)22-28-20-29(38)11-12-30(28)44-8)33(41-17-14-37(6,7)15-18-41)32(24(2)39-23)34(35(42)43)45-36(3,4)5/h9-12,19-20,34H,13-18,21-22H2,1-8H3,(H,42,43). The Kier molecular flexibility index (Phi) is 9.30. The molecule has 1 atom stereocenters. The highest BCUT2D eigenvalue weighted by molar-refractivity contribution is 5.88. The van der Waals surface area contributed by atoms with Crippen molar-refractivity contribution in [3.63, 3.8) is 0 Å². The van der Waals surface area contributed by atoms with E-state index in [0.29, 0.717) is 23.6 Å². The molecule has 8 heteroatoms. The zero-order valence-corrected chi connectivity index (χ0v) is 28.1. The third kappa shape index (κ3) is 7.33. The lowest BCUT2D eigenvalue weighted by Gasteiger charge is -2.41. The number of carboxylic acids is 1. The van der Waals surface area contributed by atoms with Crippen molar-refractivity contribution in [1.82, 2.24) is 9.88 Å². The average Bonchev–Trinajstić information content (AvgIpc) is 2.95. The number of carboxylic acid groups (broad SMARTS) is 1. The topological polar surface area (TPSA) is 75.1 Å². The van der Waals surface area contributed by atoms with Gasteiger partial charge in [-0.2, -0.15) is 0 Å². The fourth-order valence-electron chi connectivity index (χ4n) is 6.77. The molecule has 1 saturated heterocycles. The molecule has 1 aromatic heterocycles. The van der Waals surface area contributed by atoms with Gasteiger partial charge < -0.3 is 19.5 Å². The van der Waals surface area contributed by atoms with Crippen molar-refractivity contribution in [3.8, 4) is 16.9 Å². The lowest BCUT2D eigenvalue weighted by Crippen LogP contribution is -2.39. The zero-order valence-electron chi connectivity index (χ0n) is 28.1. The summed E-state index contributed by atoms with van der Waals surface area (Å²) in [5, 5.41) is 10.5. The van der Waals surface area contributed by atoms with Crippen LogP contribution in [0.1, 0.15) is 87.2 Å². The average molecular weight is 618 g/mol. The number of aryl methyl sites for hydroxylation is 2. The first kappa shape index (κ1) is 32.9. The van der Waals surface area contributed by atoms with Crippen LogP contribution >= 0.6 is 0 Å². The van der Waals surface area contributed by atoms with Crippen LogP contribution in [0.25, 0.3) is 11.1 Å². The number of benzene rings is 2. The highest BCUT2D eigenvalue weighted by atomic mass is 19.1. The molecule has 0 spiro atoms. The van der Waals surface area contributed by atoms with E-state index in [4.69, 9.17) is 14.5 Å². The number of halogens is 1. The summed E-state index contributed by atoms with van der Waals surface area (Å²) in [6.45, 7) is 18.1. The van der Waals surface area contributed by atoms with Crippen LogP contribution in [0.5, 0.6) is 5.75 Å². The van der Waals surface area contributed by atoms with E-state index in [-0.39, 0.29) is 11.2 Å². The summed E-state index contributed by atoms with van der Waals surface area (Å²) in [6, 6.07) is 11.3. The van der Waals surface area contributed by atoms with Gasteiger partial charge in [-0.25, -0.2) is 9.18 Å². The molecule has 0 saturated carbocycles. The summed E-state index contributed by atoms with van der Waals surface area (Å²) in [5.41, 5.74) is 8.08. The van der Waals surface area contributed by atoms with Crippen LogP contribution in [0.15, 0.2) is 36.4 Å². The number of methoxy groups -OCH3 is 1.